The van der Waals surface area contributed by atoms with Gasteiger partial charge in [0.05, 0.1) is 0 Å². The Labute approximate surface area is 125 Å². The standard InChI is InChI=1S/C17H23N3O/c21-17(14-2-1-13-5-7-18-16(13)9-14)19-10-12-6-8-20(11-12)15-3-4-15/h1-2,9,12,15,18H,3-8,10-11H2,(H,19,21). The van der Waals surface area contributed by atoms with Crippen molar-refractivity contribution in [2.75, 3.05) is 31.5 Å². The van der Waals surface area contributed by atoms with E-state index in [1.165, 1.54) is 31.4 Å². The number of hydrogen-bond acceptors (Lipinski definition) is 3. The van der Waals surface area contributed by atoms with Crippen LogP contribution in [0.25, 0.3) is 0 Å². The second-order valence-corrected chi connectivity index (χ2v) is 6.64. The summed E-state index contributed by atoms with van der Waals surface area (Å²) in [6, 6.07) is 6.87. The number of fused-ring (bicyclic) bond motifs is 1. The first kappa shape index (κ1) is 13.1. The summed E-state index contributed by atoms with van der Waals surface area (Å²) in [4.78, 5) is 14.9. The third kappa shape index (κ3) is 2.77. The van der Waals surface area contributed by atoms with E-state index >= 15 is 0 Å². The highest BCUT2D eigenvalue weighted by Crippen LogP contribution is 2.31. The molecule has 0 radical (unpaired) electrons. The third-order valence-corrected chi connectivity index (χ3v) is 5.01. The lowest BCUT2D eigenvalue weighted by molar-refractivity contribution is 0.0947. The molecule has 4 rings (SSSR count). The van der Waals surface area contributed by atoms with Crippen LogP contribution in [0.2, 0.25) is 0 Å². The second-order valence-electron chi connectivity index (χ2n) is 6.64. The summed E-state index contributed by atoms with van der Waals surface area (Å²) >= 11 is 0. The number of anilines is 1. The molecule has 0 spiro atoms. The Kier molecular flexibility index (Phi) is 3.34. The predicted molar refractivity (Wildman–Crippen MR) is 83.7 cm³/mol. The Morgan fingerprint density at radius 1 is 1.33 bits per heavy atom. The molecule has 2 fully saturated rings. The molecule has 2 heterocycles. The summed E-state index contributed by atoms with van der Waals surface area (Å²) in [5, 5.41) is 6.45. The van der Waals surface area contributed by atoms with Crippen LogP contribution in [0.1, 0.15) is 35.2 Å². The van der Waals surface area contributed by atoms with Crippen LogP contribution < -0.4 is 10.6 Å². The van der Waals surface area contributed by atoms with Crippen LogP contribution in [0.5, 0.6) is 0 Å². The van der Waals surface area contributed by atoms with Gasteiger partial charge in [-0.3, -0.25) is 4.79 Å². The SMILES string of the molecule is O=C(NCC1CCN(C2CC2)C1)c1ccc2c(c1)NCC2. The number of rotatable bonds is 4. The summed E-state index contributed by atoms with van der Waals surface area (Å²) in [6.45, 7) is 4.18. The molecule has 1 aliphatic carbocycles. The van der Waals surface area contributed by atoms with Gasteiger partial charge in [0.2, 0.25) is 0 Å². The highest BCUT2D eigenvalue weighted by Gasteiger charge is 2.34. The van der Waals surface area contributed by atoms with Crippen molar-refractivity contribution in [3.63, 3.8) is 0 Å². The average Bonchev–Trinajstić information content (AvgIpc) is 3.07. The molecule has 1 unspecified atom stereocenters. The largest absolute Gasteiger partial charge is 0.384 e. The molecule has 21 heavy (non-hydrogen) atoms. The summed E-state index contributed by atoms with van der Waals surface area (Å²) in [6.07, 6.45) is 5.04. The fourth-order valence-corrected chi connectivity index (χ4v) is 3.57. The molecule has 1 saturated carbocycles. The van der Waals surface area contributed by atoms with Gasteiger partial charge in [-0.05, 0) is 55.8 Å². The quantitative estimate of drug-likeness (QED) is 0.887. The minimum Gasteiger partial charge on any atom is -0.384 e. The molecule has 2 N–H and O–H groups in total. The van der Waals surface area contributed by atoms with Crippen LogP contribution >= 0.6 is 0 Å². The zero-order valence-corrected chi connectivity index (χ0v) is 12.4. The Balaban J connectivity index is 1.31. The first-order chi connectivity index (χ1) is 10.3. The summed E-state index contributed by atoms with van der Waals surface area (Å²) < 4.78 is 0. The number of likely N-dealkylation sites (tertiary alicyclic amines) is 1. The van der Waals surface area contributed by atoms with E-state index < -0.39 is 0 Å². The molecule has 1 aromatic rings. The molecular weight excluding hydrogens is 262 g/mol. The van der Waals surface area contributed by atoms with Gasteiger partial charge >= 0.3 is 0 Å². The van der Waals surface area contributed by atoms with Gasteiger partial charge in [-0.1, -0.05) is 6.07 Å². The lowest BCUT2D eigenvalue weighted by Crippen LogP contribution is -2.31. The zero-order chi connectivity index (χ0) is 14.2. The molecule has 1 amide bonds. The fourth-order valence-electron chi connectivity index (χ4n) is 3.57. The average molecular weight is 285 g/mol. The predicted octanol–water partition coefficient (Wildman–Crippen LogP) is 1.87. The van der Waals surface area contributed by atoms with Crippen molar-refractivity contribution >= 4 is 11.6 Å². The smallest absolute Gasteiger partial charge is 0.251 e. The lowest BCUT2D eigenvalue weighted by atomic mass is 10.1. The maximum Gasteiger partial charge on any atom is 0.251 e. The number of amides is 1. The van der Waals surface area contributed by atoms with Crippen LogP contribution in [-0.2, 0) is 6.42 Å². The molecule has 1 aromatic carbocycles. The normalized spacial score (nSPS) is 24.7. The van der Waals surface area contributed by atoms with Crippen molar-refractivity contribution in [3.05, 3.63) is 29.3 Å². The van der Waals surface area contributed by atoms with Crippen molar-refractivity contribution < 1.29 is 4.79 Å². The summed E-state index contributed by atoms with van der Waals surface area (Å²) in [7, 11) is 0. The van der Waals surface area contributed by atoms with E-state index in [0.717, 1.165) is 43.3 Å². The maximum atomic E-state index is 12.3. The van der Waals surface area contributed by atoms with Gasteiger partial charge in [0, 0.05) is 36.9 Å². The fraction of sp³-hybridized carbons (Fsp3) is 0.588. The second kappa shape index (κ2) is 5.34. The highest BCUT2D eigenvalue weighted by atomic mass is 16.1. The van der Waals surface area contributed by atoms with E-state index in [1.54, 1.807) is 0 Å². The molecule has 3 aliphatic rings. The van der Waals surface area contributed by atoms with Crippen molar-refractivity contribution in [2.24, 2.45) is 5.92 Å². The van der Waals surface area contributed by atoms with E-state index in [2.05, 4.69) is 21.6 Å². The van der Waals surface area contributed by atoms with E-state index in [-0.39, 0.29) is 5.91 Å². The number of nitrogens with zero attached hydrogens (tertiary/aromatic N) is 1. The summed E-state index contributed by atoms with van der Waals surface area (Å²) in [5.74, 6) is 0.693. The van der Waals surface area contributed by atoms with Gasteiger partial charge < -0.3 is 15.5 Å². The van der Waals surface area contributed by atoms with Crippen molar-refractivity contribution in [1.29, 1.82) is 0 Å². The van der Waals surface area contributed by atoms with Crippen molar-refractivity contribution in [3.8, 4) is 0 Å². The van der Waals surface area contributed by atoms with Gasteiger partial charge in [0.15, 0.2) is 0 Å². The minimum atomic E-state index is 0.0661. The number of nitrogens with one attached hydrogen (secondary N) is 2. The highest BCUT2D eigenvalue weighted by molar-refractivity contribution is 5.95. The topological polar surface area (TPSA) is 44.4 Å². The number of carbonyl (C=O) groups excluding carboxylic acids is 1. The van der Waals surface area contributed by atoms with Crippen LogP contribution in [0.3, 0.4) is 0 Å². The number of benzene rings is 1. The van der Waals surface area contributed by atoms with E-state index in [4.69, 9.17) is 0 Å². The molecular formula is C17H23N3O. The van der Waals surface area contributed by atoms with E-state index in [9.17, 15) is 4.79 Å². The monoisotopic (exact) mass is 285 g/mol. The molecule has 4 nitrogen and oxygen atoms in total. The molecule has 112 valence electrons. The van der Waals surface area contributed by atoms with E-state index in [0.29, 0.717) is 5.92 Å². The zero-order valence-electron chi connectivity index (χ0n) is 12.4. The molecule has 0 bridgehead atoms. The van der Waals surface area contributed by atoms with Crippen LogP contribution in [-0.4, -0.2) is 43.0 Å². The van der Waals surface area contributed by atoms with Crippen molar-refractivity contribution in [1.82, 2.24) is 10.2 Å². The van der Waals surface area contributed by atoms with Crippen LogP contribution in [0, 0.1) is 5.92 Å². The maximum absolute atomic E-state index is 12.3. The molecule has 0 aromatic heterocycles. The Bertz CT molecular complexity index is 553. The van der Waals surface area contributed by atoms with Crippen LogP contribution in [0.15, 0.2) is 18.2 Å². The number of hydrogen-bond donors (Lipinski definition) is 2. The Morgan fingerprint density at radius 3 is 3.10 bits per heavy atom. The first-order valence-corrected chi connectivity index (χ1v) is 8.18. The summed E-state index contributed by atoms with van der Waals surface area (Å²) in [5.41, 5.74) is 3.23. The van der Waals surface area contributed by atoms with Gasteiger partial charge in [-0.15, -0.1) is 0 Å². The lowest BCUT2D eigenvalue weighted by Gasteiger charge is -2.15. The molecule has 1 atom stereocenters. The number of carbonyl (C=O) groups is 1. The van der Waals surface area contributed by atoms with Gasteiger partial charge in [0.1, 0.15) is 0 Å². The Hall–Kier alpha value is -1.55. The van der Waals surface area contributed by atoms with E-state index in [1.807, 2.05) is 12.1 Å². The van der Waals surface area contributed by atoms with Gasteiger partial charge in [-0.25, -0.2) is 0 Å². The Morgan fingerprint density at radius 2 is 2.24 bits per heavy atom. The first-order valence-electron chi connectivity index (χ1n) is 8.18. The van der Waals surface area contributed by atoms with Crippen LogP contribution in [0.4, 0.5) is 5.69 Å². The van der Waals surface area contributed by atoms with Gasteiger partial charge in [0.25, 0.3) is 5.91 Å². The molecule has 2 aliphatic heterocycles. The minimum absolute atomic E-state index is 0.0661. The third-order valence-electron chi connectivity index (χ3n) is 5.01. The molecule has 4 heteroatoms. The molecule has 1 saturated heterocycles. The van der Waals surface area contributed by atoms with Crippen molar-refractivity contribution in [2.45, 2.75) is 31.7 Å². The van der Waals surface area contributed by atoms with Gasteiger partial charge in [-0.2, -0.15) is 0 Å².